The fourth-order valence-electron chi connectivity index (χ4n) is 1.63. The van der Waals surface area contributed by atoms with E-state index in [1.165, 1.54) is 6.20 Å². The summed E-state index contributed by atoms with van der Waals surface area (Å²) in [7, 11) is 0. The molecule has 0 aliphatic rings. The third kappa shape index (κ3) is 3.40. The minimum Gasteiger partial charge on any atom is -0.320 e. The van der Waals surface area contributed by atoms with Gasteiger partial charge in [0.05, 0.1) is 28.4 Å². The summed E-state index contributed by atoms with van der Waals surface area (Å²) >= 11 is 3.23. The van der Waals surface area contributed by atoms with Crippen molar-refractivity contribution in [2.24, 2.45) is 0 Å². The number of halogens is 2. The zero-order valence-electron chi connectivity index (χ0n) is 10.8. The fourth-order valence-corrected chi connectivity index (χ4v) is 1.84. The topological polar surface area (TPSA) is 85.1 Å². The number of aromatic nitrogens is 1. The number of amides is 1. The van der Waals surface area contributed by atoms with Crippen LogP contribution in [-0.2, 0) is 0 Å². The molecule has 1 amide bonds. The van der Waals surface area contributed by atoms with Crippen LogP contribution in [0.5, 0.6) is 0 Å². The Kier molecular flexibility index (Phi) is 4.27. The van der Waals surface area contributed by atoms with Crippen molar-refractivity contribution in [3.05, 3.63) is 62.1 Å². The summed E-state index contributed by atoms with van der Waals surface area (Å²) in [6, 6.07) is 4.52. The van der Waals surface area contributed by atoms with Gasteiger partial charge in [-0.1, -0.05) is 0 Å². The molecule has 0 bridgehead atoms. The molecule has 6 nitrogen and oxygen atoms in total. The van der Waals surface area contributed by atoms with Crippen LogP contribution in [-0.4, -0.2) is 15.8 Å². The highest BCUT2D eigenvalue weighted by Gasteiger charge is 2.16. The van der Waals surface area contributed by atoms with E-state index in [2.05, 4.69) is 26.2 Å². The average Bonchev–Trinajstić information content (AvgIpc) is 2.42. The van der Waals surface area contributed by atoms with Gasteiger partial charge in [0.1, 0.15) is 10.4 Å². The Morgan fingerprint density at radius 1 is 1.43 bits per heavy atom. The molecule has 1 aromatic heterocycles. The number of benzene rings is 1. The Bertz CT molecular complexity index is 737. The SMILES string of the molecule is Cc1cc(NC(=O)c2ccc([N+](=O)[O-])cc2F)cnc1Br. The van der Waals surface area contributed by atoms with Gasteiger partial charge in [0.2, 0.25) is 0 Å². The summed E-state index contributed by atoms with van der Waals surface area (Å²) in [5, 5.41) is 13.0. The van der Waals surface area contributed by atoms with Crippen molar-refractivity contribution in [1.29, 1.82) is 0 Å². The number of carbonyl (C=O) groups is 1. The molecule has 1 heterocycles. The first kappa shape index (κ1) is 15.0. The predicted molar refractivity (Wildman–Crippen MR) is 77.7 cm³/mol. The molecular formula is C13H9BrFN3O3. The summed E-state index contributed by atoms with van der Waals surface area (Å²) in [4.78, 5) is 25.7. The number of pyridine rings is 1. The first-order valence-corrected chi connectivity index (χ1v) is 6.55. The van der Waals surface area contributed by atoms with E-state index in [9.17, 15) is 19.3 Å². The second-order valence-corrected chi connectivity index (χ2v) is 4.96. The van der Waals surface area contributed by atoms with Crippen molar-refractivity contribution in [3.8, 4) is 0 Å². The van der Waals surface area contributed by atoms with Gasteiger partial charge in [-0.3, -0.25) is 14.9 Å². The molecule has 2 rings (SSSR count). The molecule has 2 aromatic rings. The molecule has 0 unspecified atom stereocenters. The molecular weight excluding hydrogens is 345 g/mol. The van der Waals surface area contributed by atoms with Crippen LogP contribution in [0.2, 0.25) is 0 Å². The number of rotatable bonds is 3. The molecule has 21 heavy (non-hydrogen) atoms. The summed E-state index contributed by atoms with van der Waals surface area (Å²) in [5.41, 5.74) is 0.516. The Balaban J connectivity index is 2.24. The molecule has 0 saturated heterocycles. The van der Waals surface area contributed by atoms with Crippen LogP contribution >= 0.6 is 15.9 Å². The van der Waals surface area contributed by atoms with E-state index >= 15 is 0 Å². The second-order valence-electron chi connectivity index (χ2n) is 4.21. The van der Waals surface area contributed by atoms with Gasteiger partial charge >= 0.3 is 0 Å². The van der Waals surface area contributed by atoms with Crippen LogP contribution < -0.4 is 5.32 Å². The molecule has 0 spiro atoms. The maximum atomic E-state index is 13.7. The van der Waals surface area contributed by atoms with Crippen LogP contribution in [0, 0.1) is 22.9 Å². The van der Waals surface area contributed by atoms with Gasteiger partial charge in [0.15, 0.2) is 0 Å². The first-order chi connectivity index (χ1) is 9.88. The maximum absolute atomic E-state index is 13.7. The smallest absolute Gasteiger partial charge is 0.272 e. The third-order valence-corrected chi connectivity index (χ3v) is 3.51. The van der Waals surface area contributed by atoms with Crippen LogP contribution in [0.1, 0.15) is 15.9 Å². The number of non-ortho nitro benzene ring substituents is 1. The third-order valence-electron chi connectivity index (χ3n) is 2.68. The highest BCUT2D eigenvalue weighted by molar-refractivity contribution is 9.10. The lowest BCUT2D eigenvalue weighted by atomic mass is 10.1. The van der Waals surface area contributed by atoms with Gasteiger partial charge in [0.25, 0.3) is 11.6 Å². The standard InChI is InChI=1S/C13H9BrFN3O3/c1-7-4-8(6-16-12(7)14)17-13(19)10-3-2-9(18(20)21)5-11(10)15/h2-6H,1H3,(H,17,19). The maximum Gasteiger partial charge on any atom is 0.272 e. The number of hydrogen-bond acceptors (Lipinski definition) is 4. The van der Waals surface area contributed by atoms with Gasteiger partial charge in [0, 0.05) is 6.07 Å². The molecule has 0 aliphatic heterocycles. The number of carbonyl (C=O) groups excluding carboxylic acids is 1. The predicted octanol–water partition coefficient (Wildman–Crippen LogP) is 3.45. The molecule has 1 aromatic carbocycles. The zero-order chi connectivity index (χ0) is 15.6. The monoisotopic (exact) mass is 353 g/mol. The van der Waals surface area contributed by atoms with Crippen molar-refractivity contribution < 1.29 is 14.1 Å². The van der Waals surface area contributed by atoms with Crippen molar-refractivity contribution in [3.63, 3.8) is 0 Å². The molecule has 1 N–H and O–H groups in total. The van der Waals surface area contributed by atoms with Gasteiger partial charge in [-0.2, -0.15) is 0 Å². The van der Waals surface area contributed by atoms with Gasteiger partial charge < -0.3 is 5.32 Å². The van der Waals surface area contributed by atoms with E-state index in [1.54, 1.807) is 13.0 Å². The molecule has 108 valence electrons. The van der Waals surface area contributed by atoms with Crippen molar-refractivity contribution >= 4 is 33.2 Å². The average molecular weight is 354 g/mol. The number of nitro benzene ring substituents is 1. The van der Waals surface area contributed by atoms with E-state index in [0.29, 0.717) is 16.4 Å². The highest BCUT2D eigenvalue weighted by atomic mass is 79.9. The molecule has 0 saturated carbocycles. The summed E-state index contributed by atoms with van der Waals surface area (Å²) in [6.07, 6.45) is 1.41. The molecule has 0 radical (unpaired) electrons. The fraction of sp³-hybridized carbons (Fsp3) is 0.0769. The minimum atomic E-state index is -0.955. The van der Waals surface area contributed by atoms with Gasteiger partial charge in [-0.05, 0) is 40.5 Å². The normalized spacial score (nSPS) is 10.2. The van der Waals surface area contributed by atoms with Crippen LogP contribution in [0.25, 0.3) is 0 Å². The quantitative estimate of drug-likeness (QED) is 0.520. The number of nitro groups is 1. The lowest BCUT2D eigenvalue weighted by Gasteiger charge is -2.07. The van der Waals surface area contributed by atoms with Gasteiger partial charge in [-0.15, -0.1) is 0 Å². The summed E-state index contributed by atoms with van der Waals surface area (Å²) < 4.78 is 14.4. The lowest BCUT2D eigenvalue weighted by molar-refractivity contribution is -0.385. The van der Waals surface area contributed by atoms with Crippen molar-refractivity contribution in [1.82, 2.24) is 4.98 Å². The Hall–Kier alpha value is -2.35. The first-order valence-electron chi connectivity index (χ1n) is 5.76. The van der Waals surface area contributed by atoms with Crippen LogP contribution in [0.15, 0.2) is 35.1 Å². The number of hydrogen-bond donors (Lipinski definition) is 1. The number of nitrogens with zero attached hydrogens (tertiary/aromatic N) is 2. The Morgan fingerprint density at radius 2 is 2.14 bits per heavy atom. The minimum absolute atomic E-state index is 0.277. The summed E-state index contributed by atoms with van der Waals surface area (Å²) in [6.45, 7) is 1.79. The van der Waals surface area contributed by atoms with E-state index < -0.39 is 22.3 Å². The number of anilines is 1. The zero-order valence-corrected chi connectivity index (χ0v) is 12.3. The molecule has 0 fully saturated rings. The largest absolute Gasteiger partial charge is 0.320 e. The van der Waals surface area contributed by atoms with Crippen LogP contribution in [0.4, 0.5) is 15.8 Å². The Morgan fingerprint density at radius 3 is 2.71 bits per heavy atom. The number of nitrogens with one attached hydrogen (secondary N) is 1. The Labute approximate surface area is 127 Å². The van der Waals surface area contributed by atoms with Gasteiger partial charge in [-0.25, -0.2) is 9.37 Å². The van der Waals surface area contributed by atoms with Crippen molar-refractivity contribution in [2.45, 2.75) is 6.92 Å². The van der Waals surface area contributed by atoms with Crippen molar-refractivity contribution in [2.75, 3.05) is 5.32 Å². The number of aryl methyl sites for hydroxylation is 1. The van der Waals surface area contributed by atoms with Crippen LogP contribution in [0.3, 0.4) is 0 Å². The van der Waals surface area contributed by atoms with E-state index in [-0.39, 0.29) is 5.56 Å². The molecule has 0 aliphatic carbocycles. The van der Waals surface area contributed by atoms with E-state index in [1.807, 2.05) is 0 Å². The molecule has 8 heteroatoms. The summed E-state index contributed by atoms with van der Waals surface area (Å²) in [5.74, 6) is -1.66. The van der Waals surface area contributed by atoms with E-state index in [4.69, 9.17) is 0 Å². The van der Waals surface area contributed by atoms with E-state index in [0.717, 1.165) is 17.7 Å². The lowest BCUT2D eigenvalue weighted by Crippen LogP contribution is -2.14. The highest BCUT2D eigenvalue weighted by Crippen LogP contribution is 2.20. The molecule has 0 atom stereocenters. The second kappa shape index (κ2) is 5.96.